The Morgan fingerprint density at radius 2 is 2.28 bits per heavy atom. The van der Waals surface area contributed by atoms with Crippen LogP contribution in [0.3, 0.4) is 0 Å². The number of nitrogens with one attached hydrogen (secondary N) is 2. The molecule has 0 saturated carbocycles. The molecule has 1 aliphatic heterocycles. The van der Waals surface area contributed by atoms with Gasteiger partial charge in [0.2, 0.25) is 5.91 Å². The lowest BCUT2D eigenvalue weighted by Crippen LogP contribution is -2.25. The third-order valence-electron chi connectivity index (χ3n) is 4.66. The van der Waals surface area contributed by atoms with Gasteiger partial charge in [0.1, 0.15) is 0 Å². The maximum Gasteiger partial charge on any atom is 0.219 e. The smallest absolute Gasteiger partial charge is 0.219 e. The predicted molar refractivity (Wildman–Crippen MR) is 95.1 cm³/mol. The summed E-state index contributed by atoms with van der Waals surface area (Å²) in [5.74, 6) is 1.20. The predicted octanol–water partition coefficient (Wildman–Crippen LogP) is 2.30. The lowest BCUT2D eigenvalue weighted by atomic mass is 10.0. The number of carbonyl (C=O) groups is 1. The van der Waals surface area contributed by atoms with Crippen LogP contribution in [0.5, 0.6) is 0 Å². The zero-order chi connectivity index (χ0) is 17.2. The van der Waals surface area contributed by atoms with Crippen LogP contribution in [0.25, 0.3) is 11.0 Å². The summed E-state index contributed by atoms with van der Waals surface area (Å²) >= 11 is 0. The molecule has 1 amide bonds. The molecule has 0 aromatic carbocycles. The van der Waals surface area contributed by atoms with Gasteiger partial charge in [-0.25, -0.2) is 4.98 Å². The van der Waals surface area contributed by atoms with Crippen molar-refractivity contribution in [3.63, 3.8) is 0 Å². The van der Waals surface area contributed by atoms with Crippen LogP contribution in [0.1, 0.15) is 30.7 Å². The van der Waals surface area contributed by atoms with Gasteiger partial charge in [-0.15, -0.1) is 0 Å². The first-order chi connectivity index (χ1) is 12.2. The number of fused-ring (bicyclic) bond motifs is 1. The van der Waals surface area contributed by atoms with E-state index in [-0.39, 0.29) is 5.91 Å². The highest BCUT2D eigenvalue weighted by Gasteiger charge is 2.26. The number of carbonyl (C=O) groups excluding carboxylic acids is 1. The molecule has 2 N–H and O–H groups in total. The molecule has 7 heteroatoms. The van der Waals surface area contributed by atoms with Crippen LogP contribution in [0.15, 0.2) is 36.5 Å². The van der Waals surface area contributed by atoms with Crippen molar-refractivity contribution in [2.45, 2.75) is 25.8 Å². The van der Waals surface area contributed by atoms with E-state index >= 15 is 0 Å². The number of nitrogens with zero attached hydrogens (tertiary/aromatic N) is 4. The molecule has 7 nitrogen and oxygen atoms in total. The van der Waals surface area contributed by atoms with Crippen LogP contribution in [-0.4, -0.2) is 44.1 Å². The van der Waals surface area contributed by atoms with Crippen molar-refractivity contribution in [1.29, 1.82) is 0 Å². The summed E-state index contributed by atoms with van der Waals surface area (Å²) in [5.41, 5.74) is 2.73. The van der Waals surface area contributed by atoms with Gasteiger partial charge in [0.15, 0.2) is 11.5 Å². The topological polar surface area (TPSA) is 86.8 Å². The van der Waals surface area contributed by atoms with Gasteiger partial charge < -0.3 is 10.2 Å². The fourth-order valence-electron chi connectivity index (χ4n) is 3.25. The lowest BCUT2D eigenvalue weighted by molar-refractivity contribution is -0.127. The number of likely N-dealkylation sites (tertiary alicyclic amines) is 1. The second-order valence-corrected chi connectivity index (χ2v) is 6.33. The minimum atomic E-state index is 0.131. The molecular formula is C18H20N6O. The van der Waals surface area contributed by atoms with Gasteiger partial charge in [0.05, 0.1) is 17.6 Å². The summed E-state index contributed by atoms with van der Waals surface area (Å²) in [4.78, 5) is 22.4. The fourth-order valence-corrected chi connectivity index (χ4v) is 3.25. The van der Waals surface area contributed by atoms with E-state index in [1.165, 1.54) is 0 Å². The second-order valence-electron chi connectivity index (χ2n) is 6.33. The fraction of sp³-hybridized carbons (Fsp3) is 0.333. The molecule has 25 heavy (non-hydrogen) atoms. The molecule has 1 atom stereocenters. The van der Waals surface area contributed by atoms with Gasteiger partial charge in [-0.2, -0.15) is 5.10 Å². The van der Waals surface area contributed by atoms with Gasteiger partial charge in [0.25, 0.3) is 0 Å². The highest BCUT2D eigenvalue weighted by atomic mass is 16.2. The van der Waals surface area contributed by atoms with Crippen LogP contribution in [0.2, 0.25) is 0 Å². The van der Waals surface area contributed by atoms with E-state index in [1.54, 1.807) is 13.1 Å². The van der Waals surface area contributed by atoms with Gasteiger partial charge in [-0.3, -0.25) is 14.9 Å². The third-order valence-corrected chi connectivity index (χ3v) is 4.66. The van der Waals surface area contributed by atoms with Gasteiger partial charge in [0, 0.05) is 37.8 Å². The molecule has 4 heterocycles. The Kier molecular flexibility index (Phi) is 4.05. The Labute approximate surface area is 145 Å². The number of pyridine rings is 2. The van der Waals surface area contributed by atoms with E-state index < -0.39 is 0 Å². The van der Waals surface area contributed by atoms with Crippen LogP contribution in [0, 0.1) is 0 Å². The number of aromatic amines is 1. The minimum absolute atomic E-state index is 0.131. The zero-order valence-electron chi connectivity index (χ0n) is 14.1. The minimum Gasteiger partial charge on any atom is -0.362 e. The van der Waals surface area contributed by atoms with E-state index in [0.717, 1.165) is 47.7 Å². The van der Waals surface area contributed by atoms with Crippen LogP contribution < -0.4 is 5.32 Å². The van der Waals surface area contributed by atoms with Crippen molar-refractivity contribution < 1.29 is 4.79 Å². The standard InChI is InChI=1S/C18H20N6O/c1-12(25)24-9-7-13(11-24)16-6-5-15-17(22-23-18(15)21-16)20-10-14-4-2-3-8-19-14/h2-6,8,13H,7,9-11H2,1H3,(H2,20,21,22,23)/t13-/m0/s1. The number of amides is 1. The maximum absolute atomic E-state index is 11.5. The summed E-state index contributed by atoms with van der Waals surface area (Å²) < 4.78 is 0. The molecule has 1 fully saturated rings. The van der Waals surface area contributed by atoms with E-state index in [4.69, 9.17) is 4.98 Å². The molecule has 0 spiro atoms. The maximum atomic E-state index is 11.5. The summed E-state index contributed by atoms with van der Waals surface area (Å²) in [6.45, 7) is 3.78. The van der Waals surface area contributed by atoms with Crippen molar-refractivity contribution in [3.05, 3.63) is 47.9 Å². The van der Waals surface area contributed by atoms with Gasteiger partial charge in [-0.05, 0) is 30.7 Å². The van der Waals surface area contributed by atoms with Crippen LogP contribution in [0.4, 0.5) is 5.82 Å². The first-order valence-electron chi connectivity index (χ1n) is 8.45. The van der Waals surface area contributed by atoms with Crippen molar-refractivity contribution >= 4 is 22.8 Å². The molecule has 3 aromatic heterocycles. The van der Waals surface area contributed by atoms with Crippen LogP contribution >= 0.6 is 0 Å². The average molecular weight is 336 g/mol. The van der Waals surface area contributed by atoms with Gasteiger partial charge >= 0.3 is 0 Å². The number of aromatic nitrogens is 4. The third kappa shape index (κ3) is 3.17. The van der Waals surface area contributed by atoms with Crippen molar-refractivity contribution in [2.75, 3.05) is 18.4 Å². The Morgan fingerprint density at radius 3 is 3.04 bits per heavy atom. The Bertz CT molecular complexity index is 891. The molecule has 1 saturated heterocycles. The summed E-state index contributed by atoms with van der Waals surface area (Å²) in [7, 11) is 0. The van der Waals surface area contributed by atoms with E-state index in [9.17, 15) is 4.79 Å². The number of H-pyrrole nitrogens is 1. The number of hydrogen-bond donors (Lipinski definition) is 2. The Hall–Kier alpha value is -2.96. The molecule has 0 aliphatic carbocycles. The molecule has 0 bridgehead atoms. The second kappa shape index (κ2) is 6.51. The summed E-state index contributed by atoms with van der Waals surface area (Å²) in [6, 6.07) is 9.91. The summed E-state index contributed by atoms with van der Waals surface area (Å²) in [5, 5.41) is 11.6. The average Bonchev–Trinajstić information content (AvgIpc) is 3.28. The summed E-state index contributed by atoms with van der Waals surface area (Å²) in [6.07, 6.45) is 2.73. The molecule has 1 aliphatic rings. The normalized spacial score (nSPS) is 17.2. The SMILES string of the molecule is CC(=O)N1CC[C@H](c2ccc3c(NCc4ccccn4)n[nH]c3n2)C1. The van der Waals surface area contributed by atoms with Gasteiger partial charge in [-0.1, -0.05) is 6.07 Å². The molecule has 0 radical (unpaired) electrons. The molecule has 3 aromatic rings. The number of rotatable bonds is 4. The first-order valence-corrected chi connectivity index (χ1v) is 8.45. The van der Waals surface area contributed by atoms with Crippen molar-refractivity contribution in [2.24, 2.45) is 0 Å². The van der Waals surface area contributed by atoms with E-state index in [1.807, 2.05) is 35.2 Å². The first kappa shape index (κ1) is 15.6. The lowest BCUT2D eigenvalue weighted by Gasteiger charge is -2.13. The molecular weight excluding hydrogens is 316 g/mol. The molecule has 4 rings (SSSR count). The van der Waals surface area contributed by atoms with E-state index in [2.05, 4.69) is 20.5 Å². The highest BCUT2D eigenvalue weighted by Crippen LogP contribution is 2.28. The zero-order valence-corrected chi connectivity index (χ0v) is 14.1. The molecule has 128 valence electrons. The Balaban J connectivity index is 1.50. The van der Waals surface area contributed by atoms with Crippen molar-refractivity contribution in [1.82, 2.24) is 25.1 Å². The highest BCUT2D eigenvalue weighted by molar-refractivity contribution is 5.87. The number of anilines is 1. The largest absolute Gasteiger partial charge is 0.362 e. The molecule has 0 unspecified atom stereocenters. The van der Waals surface area contributed by atoms with Crippen LogP contribution in [-0.2, 0) is 11.3 Å². The monoisotopic (exact) mass is 336 g/mol. The van der Waals surface area contributed by atoms with E-state index in [0.29, 0.717) is 12.5 Å². The Morgan fingerprint density at radius 1 is 1.36 bits per heavy atom. The quantitative estimate of drug-likeness (QED) is 0.763. The van der Waals surface area contributed by atoms with Crippen molar-refractivity contribution in [3.8, 4) is 0 Å². The number of hydrogen-bond acceptors (Lipinski definition) is 5.